The third-order valence-corrected chi connectivity index (χ3v) is 5.21. The zero-order valence-electron chi connectivity index (χ0n) is 11.9. The molecular formula is C15H30N2. The minimum Gasteiger partial charge on any atom is -0.320 e. The van der Waals surface area contributed by atoms with Gasteiger partial charge in [0, 0.05) is 12.6 Å². The fourth-order valence-corrected chi connectivity index (χ4v) is 3.94. The fourth-order valence-electron chi connectivity index (χ4n) is 3.94. The molecule has 0 spiro atoms. The van der Waals surface area contributed by atoms with Crippen molar-refractivity contribution in [2.45, 2.75) is 51.5 Å². The highest BCUT2D eigenvalue weighted by Crippen LogP contribution is 2.48. The Balaban J connectivity index is 1.67. The van der Waals surface area contributed by atoms with Gasteiger partial charge in [-0.3, -0.25) is 0 Å². The van der Waals surface area contributed by atoms with Crippen LogP contribution in [0.25, 0.3) is 0 Å². The lowest BCUT2D eigenvalue weighted by atomic mass is 9.88. The van der Waals surface area contributed by atoms with E-state index in [-0.39, 0.29) is 0 Å². The second kappa shape index (κ2) is 6.19. The van der Waals surface area contributed by atoms with Crippen LogP contribution in [0.4, 0.5) is 0 Å². The summed E-state index contributed by atoms with van der Waals surface area (Å²) in [7, 11) is 4.37. The molecule has 0 heterocycles. The standard InChI is InChI=1S/C15H30N2/c1-12(5-4-8-16-2)17(3)11-15-10-13-6-7-14(15)9-13/h12-16H,4-11H2,1-3H3. The first kappa shape index (κ1) is 13.4. The van der Waals surface area contributed by atoms with Crippen LogP contribution in [0.2, 0.25) is 0 Å². The normalized spacial score (nSPS) is 33.5. The molecule has 4 atom stereocenters. The molecule has 2 rings (SSSR count). The molecule has 0 aliphatic heterocycles. The predicted octanol–water partition coefficient (Wildman–Crippen LogP) is 2.74. The van der Waals surface area contributed by atoms with Crippen LogP contribution in [-0.4, -0.2) is 38.1 Å². The van der Waals surface area contributed by atoms with Gasteiger partial charge < -0.3 is 10.2 Å². The zero-order valence-corrected chi connectivity index (χ0v) is 11.9. The molecule has 0 aromatic carbocycles. The molecule has 2 aliphatic carbocycles. The van der Waals surface area contributed by atoms with Crippen molar-refractivity contribution >= 4 is 0 Å². The summed E-state index contributed by atoms with van der Waals surface area (Å²) in [6.45, 7) is 4.90. The second-order valence-electron chi connectivity index (χ2n) is 6.47. The Morgan fingerprint density at radius 2 is 2.12 bits per heavy atom. The van der Waals surface area contributed by atoms with Crippen LogP contribution >= 0.6 is 0 Å². The first-order valence-corrected chi connectivity index (χ1v) is 7.55. The molecule has 2 aliphatic rings. The van der Waals surface area contributed by atoms with E-state index in [1.165, 1.54) is 38.6 Å². The van der Waals surface area contributed by atoms with Crippen molar-refractivity contribution < 1.29 is 0 Å². The first-order chi connectivity index (χ1) is 8.20. The number of nitrogens with zero attached hydrogens (tertiary/aromatic N) is 1. The van der Waals surface area contributed by atoms with Crippen molar-refractivity contribution in [1.82, 2.24) is 10.2 Å². The molecule has 2 nitrogen and oxygen atoms in total. The van der Waals surface area contributed by atoms with E-state index in [0.29, 0.717) is 0 Å². The Morgan fingerprint density at radius 1 is 1.29 bits per heavy atom. The van der Waals surface area contributed by atoms with Gasteiger partial charge in [0.1, 0.15) is 0 Å². The van der Waals surface area contributed by atoms with E-state index in [4.69, 9.17) is 0 Å². The van der Waals surface area contributed by atoms with Crippen molar-refractivity contribution in [1.29, 1.82) is 0 Å². The van der Waals surface area contributed by atoms with E-state index in [1.807, 2.05) is 7.05 Å². The summed E-state index contributed by atoms with van der Waals surface area (Å²) in [5.41, 5.74) is 0. The summed E-state index contributed by atoms with van der Waals surface area (Å²) < 4.78 is 0. The van der Waals surface area contributed by atoms with Gasteiger partial charge in [-0.1, -0.05) is 6.42 Å². The minimum absolute atomic E-state index is 0.752. The maximum atomic E-state index is 3.24. The average Bonchev–Trinajstić information content (AvgIpc) is 2.91. The number of hydrogen-bond acceptors (Lipinski definition) is 2. The van der Waals surface area contributed by atoms with Crippen LogP contribution in [0.1, 0.15) is 45.4 Å². The Hall–Kier alpha value is -0.0800. The summed E-state index contributed by atoms with van der Waals surface area (Å²) >= 11 is 0. The molecule has 2 saturated carbocycles. The van der Waals surface area contributed by atoms with Crippen LogP contribution in [-0.2, 0) is 0 Å². The molecule has 2 bridgehead atoms. The average molecular weight is 238 g/mol. The largest absolute Gasteiger partial charge is 0.320 e. The van der Waals surface area contributed by atoms with Gasteiger partial charge in [-0.05, 0) is 77.4 Å². The smallest absolute Gasteiger partial charge is 0.00644 e. The second-order valence-corrected chi connectivity index (χ2v) is 6.47. The van der Waals surface area contributed by atoms with E-state index in [9.17, 15) is 0 Å². The number of nitrogens with one attached hydrogen (secondary N) is 1. The maximum Gasteiger partial charge on any atom is 0.00644 e. The van der Waals surface area contributed by atoms with Crippen molar-refractivity contribution in [2.75, 3.05) is 27.2 Å². The van der Waals surface area contributed by atoms with Crippen molar-refractivity contribution in [3.05, 3.63) is 0 Å². The summed E-state index contributed by atoms with van der Waals surface area (Å²) in [6, 6.07) is 0.752. The Bertz CT molecular complexity index is 229. The monoisotopic (exact) mass is 238 g/mol. The van der Waals surface area contributed by atoms with Gasteiger partial charge in [0.25, 0.3) is 0 Å². The highest BCUT2D eigenvalue weighted by molar-refractivity contribution is 4.91. The van der Waals surface area contributed by atoms with Gasteiger partial charge in [0.2, 0.25) is 0 Å². The Labute approximate surface area is 107 Å². The molecule has 1 N–H and O–H groups in total. The summed E-state index contributed by atoms with van der Waals surface area (Å²) in [4.78, 5) is 2.61. The predicted molar refractivity (Wildman–Crippen MR) is 74.2 cm³/mol. The molecule has 0 radical (unpaired) electrons. The quantitative estimate of drug-likeness (QED) is 0.686. The van der Waals surface area contributed by atoms with Gasteiger partial charge in [-0.15, -0.1) is 0 Å². The van der Waals surface area contributed by atoms with E-state index in [2.05, 4.69) is 24.2 Å². The first-order valence-electron chi connectivity index (χ1n) is 7.55. The van der Waals surface area contributed by atoms with E-state index in [1.54, 1.807) is 6.42 Å². The topological polar surface area (TPSA) is 15.3 Å². The highest BCUT2D eigenvalue weighted by Gasteiger charge is 2.39. The molecule has 2 fully saturated rings. The molecule has 0 saturated heterocycles. The highest BCUT2D eigenvalue weighted by atomic mass is 15.1. The van der Waals surface area contributed by atoms with Crippen molar-refractivity contribution in [3.63, 3.8) is 0 Å². The lowest BCUT2D eigenvalue weighted by Crippen LogP contribution is -2.35. The fraction of sp³-hybridized carbons (Fsp3) is 1.00. The zero-order chi connectivity index (χ0) is 12.3. The number of fused-ring (bicyclic) bond motifs is 2. The van der Waals surface area contributed by atoms with Gasteiger partial charge in [0.15, 0.2) is 0 Å². The molecule has 4 unspecified atom stereocenters. The van der Waals surface area contributed by atoms with Crippen LogP contribution < -0.4 is 5.32 Å². The minimum atomic E-state index is 0.752. The summed E-state index contributed by atoms with van der Waals surface area (Å²) in [5, 5.41) is 3.24. The van der Waals surface area contributed by atoms with Crippen LogP contribution in [0.3, 0.4) is 0 Å². The third-order valence-electron chi connectivity index (χ3n) is 5.21. The van der Waals surface area contributed by atoms with Gasteiger partial charge in [-0.2, -0.15) is 0 Å². The third kappa shape index (κ3) is 3.45. The Morgan fingerprint density at radius 3 is 2.71 bits per heavy atom. The molecule has 100 valence electrons. The van der Waals surface area contributed by atoms with Crippen LogP contribution in [0.15, 0.2) is 0 Å². The number of hydrogen-bond donors (Lipinski definition) is 1. The molecule has 0 amide bonds. The van der Waals surface area contributed by atoms with E-state index in [0.717, 1.165) is 30.3 Å². The van der Waals surface area contributed by atoms with Crippen LogP contribution in [0.5, 0.6) is 0 Å². The van der Waals surface area contributed by atoms with Gasteiger partial charge in [0.05, 0.1) is 0 Å². The van der Waals surface area contributed by atoms with Crippen LogP contribution in [0, 0.1) is 17.8 Å². The lowest BCUT2D eigenvalue weighted by Gasteiger charge is -2.31. The molecular weight excluding hydrogens is 208 g/mol. The molecule has 17 heavy (non-hydrogen) atoms. The SMILES string of the molecule is CNCCCC(C)N(C)CC1CC2CCC1C2. The maximum absolute atomic E-state index is 3.24. The van der Waals surface area contributed by atoms with Gasteiger partial charge >= 0.3 is 0 Å². The Kier molecular flexibility index (Phi) is 4.87. The van der Waals surface area contributed by atoms with E-state index < -0.39 is 0 Å². The lowest BCUT2D eigenvalue weighted by molar-refractivity contribution is 0.173. The molecule has 0 aromatic heterocycles. The van der Waals surface area contributed by atoms with E-state index >= 15 is 0 Å². The van der Waals surface area contributed by atoms with Gasteiger partial charge in [-0.25, -0.2) is 0 Å². The molecule has 0 aromatic rings. The van der Waals surface area contributed by atoms with Crippen molar-refractivity contribution in [2.24, 2.45) is 17.8 Å². The summed E-state index contributed by atoms with van der Waals surface area (Å²) in [5.74, 6) is 3.19. The molecule has 2 heteroatoms. The number of rotatable bonds is 7. The van der Waals surface area contributed by atoms with Crippen molar-refractivity contribution in [3.8, 4) is 0 Å². The summed E-state index contributed by atoms with van der Waals surface area (Å²) in [6.07, 6.45) is 8.77.